The first-order valence-electron chi connectivity index (χ1n) is 4.14. The molecule has 1 amide bonds. The molecular formula is C9H11N3O2. The van der Waals surface area contributed by atoms with Gasteiger partial charge in [-0.15, -0.1) is 0 Å². The van der Waals surface area contributed by atoms with Gasteiger partial charge in [-0.25, -0.2) is 4.98 Å². The van der Waals surface area contributed by atoms with Crippen molar-refractivity contribution in [3.8, 4) is 0 Å². The Bertz CT molecular complexity index is 330. The van der Waals surface area contributed by atoms with Crippen LogP contribution in [-0.4, -0.2) is 28.2 Å². The number of carbonyl (C=O) groups excluding carboxylic acids is 2. The van der Waals surface area contributed by atoms with Crippen LogP contribution < -0.4 is 5.32 Å². The monoisotopic (exact) mass is 193 g/mol. The second-order valence-corrected chi connectivity index (χ2v) is 2.74. The smallest absolute Gasteiger partial charge is 0.207 e. The number of aromatic nitrogens is 2. The van der Waals surface area contributed by atoms with Gasteiger partial charge in [0.15, 0.2) is 5.78 Å². The van der Waals surface area contributed by atoms with Gasteiger partial charge in [0.1, 0.15) is 0 Å². The SMILES string of the molecule is C[C@H](NC=O)C(=O)/C=C/c1c[nH]cn1. The zero-order chi connectivity index (χ0) is 10.4. The third-order valence-corrected chi connectivity index (χ3v) is 1.68. The topological polar surface area (TPSA) is 74.8 Å². The van der Waals surface area contributed by atoms with E-state index in [2.05, 4.69) is 15.3 Å². The Morgan fingerprint density at radius 1 is 1.71 bits per heavy atom. The van der Waals surface area contributed by atoms with E-state index in [4.69, 9.17) is 0 Å². The average molecular weight is 193 g/mol. The van der Waals surface area contributed by atoms with Gasteiger partial charge >= 0.3 is 0 Å². The first kappa shape index (κ1) is 10.2. The van der Waals surface area contributed by atoms with E-state index in [0.717, 1.165) is 0 Å². The van der Waals surface area contributed by atoms with Crippen molar-refractivity contribution >= 4 is 18.3 Å². The minimum atomic E-state index is -0.498. The third kappa shape index (κ3) is 2.85. The fourth-order valence-corrected chi connectivity index (χ4v) is 0.859. The van der Waals surface area contributed by atoms with Gasteiger partial charge in [-0.2, -0.15) is 0 Å². The van der Waals surface area contributed by atoms with Crippen molar-refractivity contribution in [2.24, 2.45) is 0 Å². The highest BCUT2D eigenvalue weighted by Gasteiger charge is 2.06. The van der Waals surface area contributed by atoms with Crippen molar-refractivity contribution in [3.63, 3.8) is 0 Å². The fraction of sp³-hybridized carbons (Fsp3) is 0.222. The number of aromatic amines is 1. The lowest BCUT2D eigenvalue weighted by Gasteiger charge is -2.03. The summed E-state index contributed by atoms with van der Waals surface area (Å²) in [6, 6.07) is -0.498. The predicted octanol–water partition coefficient (Wildman–Crippen LogP) is 0.126. The van der Waals surface area contributed by atoms with E-state index < -0.39 is 6.04 Å². The number of nitrogens with zero attached hydrogens (tertiary/aromatic N) is 1. The first-order valence-corrected chi connectivity index (χ1v) is 4.14. The van der Waals surface area contributed by atoms with Gasteiger partial charge in [0, 0.05) is 6.20 Å². The molecule has 0 aliphatic carbocycles. The second kappa shape index (κ2) is 4.96. The molecule has 0 radical (unpaired) electrons. The Morgan fingerprint density at radius 2 is 2.50 bits per heavy atom. The van der Waals surface area contributed by atoms with Gasteiger partial charge in [-0.3, -0.25) is 9.59 Å². The standard InChI is InChI=1S/C9H11N3O2/c1-7(12-6-13)9(14)3-2-8-4-10-5-11-8/h2-7H,1H3,(H,10,11)(H,12,13)/b3-2+/t7-/m0/s1. The zero-order valence-corrected chi connectivity index (χ0v) is 7.73. The maximum Gasteiger partial charge on any atom is 0.207 e. The highest BCUT2D eigenvalue weighted by atomic mass is 16.1. The Kier molecular flexibility index (Phi) is 3.60. The summed E-state index contributed by atoms with van der Waals surface area (Å²) in [5.41, 5.74) is 0.677. The van der Waals surface area contributed by atoms with Crippen LogP contribution in [0.4, 0.5) is 0 Å². The van der Waals surface area contributed by atoms with Crippen molar-refractivity contribution in [2.45, 2.75) is 13.0 Å². The maximum absolute atomic E-state index is 11.3. The normalized spacial score (nSPS) is 12.6. The van der Waals surface area contributed by atoms with Gasteiger partial charge in [-0.05, 0) is 19.1 Å². The van der Waals surface area contributed by atoms with Crippen LogP contribution in [0, 0.1) is 0 Å². The Morgan fingerprint density at radius 3 is 3.07 bits per heavy atom. The van der Waals surface area contributed by atoms with Gasteiger partial charge in [0.05, 0.1) is 18.1 Å². The van der Waals surface area contributed by atoms with Crippen molar-refractivity contribution in [2.75, 3.05) is 0 Å². The molecule has 1 atom stereocenters. The molecule has 1 rings (SSSR count). The molecule has 0 aromatic carbocycles. The Balaban J connectivity index is 2.52. The molecule has 0 aliphatic heterocycles. The molecular weight excluding hydrogens is 182 g/mol. The molecule has 0 bridgehead atoms. The molecule has 0 spiro atoms. The molecule has 14 heavy (non-hydrogen) atoms. The molecule has 5 nitrogen and oxygen atoms in total. The summed E-state index contributed by atoms with van der Waals surface area (Å²) >= 11 is 0. The van der Waals surface area contributed by atoms with Gasteiger partial charge in [0.2, 0.25) is 6.41 Å². The van der Waals surface area contributed by atoms with E-state index in [1.54, 1.807) is 19.2 Å². The quantitative estimate of drug-likeness (QED) is 0.515. The van der Waals surface area contributed by atoms with Crippen LogP contribution in [0.25, 0.3) is 6.08 Å². The highest BCUT2D eigenvalue weighted by molar-refractivity contribution is 5.97. The number of ketones is 1. The number of nitrogens with one attached hydrogen (secondary N) is 2. The van der Waals surface area contributed by atoms with E-state index in [1.165, 1.54) is 12.4 Å². The highest BCUT2D eigenvalue weighted by Crippen LogP contribution is 1.95. The summed E-state index contributed by atoms with van der Waals surface area (Å²) in [4.78, 5) is 28.0. The molecule has 0 unspecified atom stereocenters. The van der Waals surface area contributed by atoms with E-state index in [9.17, 15) is 9.59 Å². The summed E-state index contributed by atoms with van der Waals surface area (Å²) in [5, 5.41) is 2.37. The van der Waals surface area contributed by atoms with Crippen LogP contribution in [0.3, 0.4) is 0 Å². The number of hydrogen-bond donors (Lipinski definition) is 2. The summed E-state index contributed by atoms with van der Waals surface area (Å²) in [5.74, 6) is -0.167. The molecule has 1 heterocycles. The van der Waals surface area contributed by atoms with Crippen LogP contribution in [-0.2, 0) is 9.59 Å². The van der Waals surface area contributed by atoms with Gasteiger partial charge in [0.25, 0.3) is 0 Å². The van der Waals surface area contributed by atoms with Crippen molar-refractivity contribution < 1.29 is 9.59 Å². The summed E-state index contributed by atoms with van der Waals surface area (Å²) in [6.07, 6.45) is 6.67. The van der Waals surface area contributed by atoms with E-state index in [1.807, 2.05) is 0 Å². The van der Waals surface area contributed by atoms with Crippen LogP contribution in [0.2, 0.25) is 0 Å². The molecule has 1 aromatic rings. The minimum Gasteiger partial charge on any atom is -0.351 e. The fourth-order valence-electron chi connectivity index (χ4n) is 0.859. The predicted molar refractivity (Wildman–Crippen MR) is 51.3 cm³/mol. The summed E-state index contributed by atoms with van der Waals surface area (Å²) in [7, 11) is 0. The van der Waals surface area contributed by atoms with Crippen molar-refractivity contribution in [1.29, 1.82) is 0 Å². The molecule has 1 aromatic heterocycles. The van der Waals surface area contributed by atoms with Crippen LogP contribution in [0.5, 0.6) is 0 Å². The van der Waals surface area contributed by atoms with E-state index in [0.29, 0.717) is 12.1 Å². The molecule has 5 heteroatoms. The molecule has 0 aliphatic rings. The Hall–Kier alpha value is -1.91. The number of carbonyl (C=O) groups is 2. The van der Waals surface area contributed by atoms with Gasteiger partial charge in [-0.1, -0.05) is 0 Å². The lowest BCUT2D eigenvalue weighted by Crippen LogP contribution is -2.31. The molecule has 0 fully saturated rings. The number of amides is 1. The Labute approximate surface area is 81.2 Å². The second-order valence-electron chi connectivity index (χ2n) is 2.74. The molecule has 0 saturated carbocycles. The largest absolute Gasteiger partial charge is 0.351 e. The maximum atomic E-state index is 11.3. The first-order chi connectivity index (χ1) is 6.74. The summed E-state index contributed by atoms with van der Waals surface area (Å²) < 4.78 is 0. The van der Waals surface area contributed by atoms with Gasteiger partial charge < -0.3 is 10.3 Å². The third-order valence-electron chi connectivity index (χ3n) is 1.68. The number of H-pyrrole nitrogens is 1. The van der Waals surface area contributed by atoms with E-state index >= 15 is 0 Å². The van der Waals surface area contributed by atoms with Crippen LogP contribution in [0.1, 0.15) is 12.6 Å². The van der Waals surface area contributed by atoms with Crippen molar-refractivity contribution in [3.05, 3.63) is 24.3 Å². The minimum absolute atomic E-state index is 0.167. The number of rotatable bonds is 5. The van der Waals surface area contributed by atoms with Crippen LogP contribution in [0.15, 0.2) is 18.6 Å². The zero-order valence-electron chi connectivity index (χ0n) is 7.73. The number of hydrogen-bond acceptors (Lipinski definition) is 3. The van der Waals surface area contributed by atoms with Crippen molar-refractivity contribution in [1.82, 2.24) is 15.3 Å². The molecule has 0 saturated heterocycles. The van der Waals surface area contributed by atoms with Crippen LogP contribution >= 0.6 is 0 Å². The van der Waals surface area contributed by atoms with E-state index in [-0.39, 0.29) is 5.78 Å². The molecule has 74 valence electrons. The summed E-state index contributed by atoms with van der Waals surface area (Å²) in [6.45, 7) is 1.62. The average Bonchev–Trinajstić information content (AvgIpc) is 2.67. The number of imidazole rings is 1. The lowest BCUT2D eigenvalue weighted by atomic mass is 10.2. The molecule has 2 N–H and O–H groups in total. The lowest BCUT2D eigenvalue weighted by molar-refractivity contribution is -0.119.